The van der Waals surface area contributed by atoms with E-state index in [1.807, 2.05) is 30.3 Å². The Kier molecular flexibility index (Phi) is 2.27. The summed E-state index contributed by atoms with van der Waals surface area (Å²) in [5, 5.41) is 3.07. The lowest BCUT2D eigenvalue weighted by atomic mass is 10.3. The highest BCUT2D eigenvalue weighted by atomic mass is 15.0. The Bertz CT molecular complexity index is 413. The van der Waals surface area contributed by atoms with Crippen LogP contribution in [0.3, 0.4) is 0 Å². The lowest BCUT2D eigenvalue weighted by Crippen LogP contribution is -1.98. The highest BCUT2D eigenvalue weighted by molar-refractivity contribution is 5.67. The highest BCUT2D eigenvalue weighted by Gasteiger charge is 1.98. The predicted octanol–water partition coefficient (Wildman–Crippen LogP) is 1.80. The summed E-state index contributed by atoms with van der Waals surface area (Å²) in [6.45, 7) is 0. The van der Waals surface area contributed by atoms with Gasteiger partial charge in [-0.05, 0) is 24.3 Å². The number of nitrogens with one attached hydrogen (secondary N) is 1. The van der Waals surface area contributed by atoms with Gasteiger partial charge in [-0.3, -0.25) is 0 Å². The van der Waals surface area contributed by atoms with Gasteiger partial charge in [0.05, 0.1) is 5.69 Å². The highest BCUT2D eigenvalue weighted by Crippen LogP contribution is 2.18. The van der Waals surface area contributed by atoms with Crippen LogP contribution in [0.2, 0.25) is 0 Å². The van der Waals surface area contributed by atoms with Crippen molar-refractivity contribution in [2.24, 2.45) is 0 Å². The summed E-state index contributed by atoms with van der Waals surface area (Å²) >= 11 is 0. The molecule has 70 valence electrons. The monoisotopic (exact) mass is 186 g/mol. The number of rotatable bonds is 2. The molecule has 0 bridgehead atoms. The van der Waals surface area contributed by atoms with E-state index >= 15 is 0 Å². The molecular formula is C10H10N4. The van der Waals surface area contributed by atoms with E-state index in [4.69, 9.17) is 5.73 Å². The molecular weight excluding hydrogens is 176 g/mol. The minimum Gasteiger partial charge on any atom is -0.382 e. The van der Waals surface area contributed by atoms with Gasteiger partial charge in [0, 0.05) is 12.4 Å². The topological polar surface area (TPSA) is 63.8 Å². The van der Waals surface area contributed by atoms with Gasteiger partial charge in [-0.2, -0.15) is 0 Å². The maximum Gasteiger partial charge on any atom is 0.147 e. The standard InChI is InChI=1S/C10H10N4/c11-10-8(4-3-7-13-10)14-9-5-1-2-6-12-9/h1-7H,(H2,11,13)(H,12,14). The van der Waals surface area contributed by atoms with Crippen LogP contribution in [0, 0.1) is 0 Å². The minimum atomic E-state index is 0.471. The average molecular weight is 186 g/mol. The molecule has 2 rings (SSSR count). The molecule has 0 amide bonds. The molecule has 4 nitrogen and oxygen atoms in total. The number of hydrogen-bond acceptors (Lipinski definition) is 4. The normalized spacial score (nSPS) is 9.71. The number of anilines is 3. The van der Waals surface area contributed by atoms with Crippen LogP contribution in [0.5, 0.6) is 0 Å². The molecule has 0 unspecified atom stereocenters. The van der Waals surface area contributed by atoms with E-state index in [1.54, 1.807) is 12.4 Å². The summed E-state index contributed by atoms with van der Waals surface area (Å²) in [4.78, 5) is 8.08. The molecule has 0 fully saturated rings. The van der Waals surface area contributed by atoms with Gasteiger partial charge in [0.2, 0.25) is 0 Å². The lowest BCUT2D eigenvalue weighted by Gasteiger charge is -2.06. The fraction of sp³-hybridized carbons (Fsp3) is 0. The van der Waals surface area contributed by atoms with Gasteiger partial charge >= 0.3 is 0 Å². The Morgan fingerprint density at radius 1 is 1.00 bits per heavy atom. The van der Waals surface area contributed by atoms with Crippen molar-refractivity contribution < 1.29 is 0 Å². The number of hydrogen-bond donors (Lipinski definition) is 2. The molecule has 0 aliphatic rings. The third kappa shape index (κ3) is 1.80. The van der Waals surface area contributed by atoms with E-state index in [-0.39, 0.29) is 0 Å². The summed E-state index contributed by atoms with van der Waals surface area (Å²) in [6.07, 6.45) is 3.37. The third-order valence-corrected chi connectivity index (χ3v) is 1.77. The first-order chi connectivity index (χ1) is 6.86. The van der Waals surface area contributed by atoms with Gasteiger partial charge in [-0.15, -0.1) is 0 Å². The molecule has 2 aromatic heterocycles. The summed E-state index contributed by atoms with van der Waals surface area (Å²) in [5.41, 5.74) is 6.44. The second-order valence-corrected chi connectivity index (χ2v) is 2.78. The predicted molar refractivity (Wildman–Crippen MR) is 56.2 cm³/mol. The second kappa shape index (κ2) is 3.74. The van der Waals surface area contributed by atoms with Crippen molar-refractivity contribution in [3.8, 4) is 0 Å². The molecule has 14 heavy (non-hydrogen) atoms. The fourth-order valence-electron chi connectivity index (χ4n) is 1.10. The van der Waals surface area contributed by atoms with Crippen LogP contribution in [0.1, 0.15) is 0 Å². The van der Waals surface area contributed by atoms with Gasteiger partial charge in [0.25, 0.3) is 0 Å². The van der Waals surface area contributed by atoms with Crippen molar-refractivity contribution in [1.82, 2.24) is 9.97 Å². The number of nitrogens with zero attached hydrogens (tertiary/aromatic N) is 2. The Morgan fingerprint density at radius 3 is 2.57 bits per heavy atom. The summed E-state index contributed by atoms with van der Waals surface area (Å²) in [7, 11) is 0. The second-order valence-electron chi connectivity index (χ2n) is 2.78. The average Bonchev–Trinajstić information content (AvgIpc) is 2.23. The van der Waals surface area contributed by atoms with Crippen molar-refractivity contribution in [2.45, 2.75) is 0 Å². The van der Waals surface area contributed by atoms with Crippen LogP contribution < -0.4 is 11.1 Å². The lowest BCUT2D eigenvalue weighted by molar-refractivity contribution is 1.28. The molecule has 0 aromatic carbocycles. The molecule has 0 aliphatic heterocycles. The number of pyridine rings is 2. The molecule has 0 saturated heterocycles. The minimum absolute atomic E-state index is 0.471. The zero-order chi connectivity index (χ0) is 9.80. The van der Waals surface area contributed by atoms with E-state index < -0.39 is 0 Å². The van der Waals surface area contributed by atoms with Gasteiger partial charge in [-0.1, -0.05) is 6.07 Å². The molecule has 0 radical (unpaired) electrons. The molecule has 0 spiro atoms. The van der Waals surface area contributed by atoms with Gasteiger partial charge in [0.1, 0.15) is 11.6 Å². The van der Waals surface area contributed by atoms with Crippen molar-refractivity contribution in [3.63, 3.8) is 0 Å². The molecule has 3 N–H and O–H groups in total. The number of nitrogens with two attached hydrogens (primary N) is 1. The first-order valence-electron chi connectivity index (χ1n) is 4.25. The third-order valence-electron chi connectivity index (χ3n) is 1.77. The van der Waals surface area contributed by atoms with Gasteiger partial charge < -0.3 is 11.1 Å². The maximum absolute atomic E-state index is 5.67. The number of nitrogen functional groups attached to an aromatic ring is 1. The Morgan fingerprint density at radius 2 is 1.86 bits per heavy atom. The first kappa shape index (κ1) is 8.50. The largest absolute Gasteiger partial charge is 0.382 e. The molecule has 4 heteroatoms. The van der Waals surface area contributed by atoms with Crippen LogP contribution in [-0.2, 0) is 0 Å². The van der Waals surface area contributed by atoms with E-state index in [0.717, 1.165) is 11.5 Å². The first-order valence-corrected chi connectivity index (χ1v) is 4.25. The molecule has 0 saturated carbocycles. The van der Waals surface area contributed by atoms with E-state index in [1.165, 1.54) is 0 Å². The van der Waals surface area contributed by atoms with Gasteiger partial charge in [0.15, 0.2) is 0 Å². The van der Waals surface area contributed by atoms with Crippen LogP contribution in [0.25, 0.3) is 0 Å². The van der Waals surface area contributed by atoms with Crippen molar-refractivity contribution in [1.29, 1.82) is 0 Å². The summed E-state index contributed by atoms with van der Waals surface area (Å²) in [5.74, 6) is 1.23. The SMILES string of the molecule is Nc1ncccc1Nc1ccccn1. The fourth-order valence-corrected chi connectivity index (χ4v) is 1.10. The summed E-state index contributed by atoms with van der Waals surface area (Å²) < 4.78 is 0. The van der Waals surface area contributed by atoms with Crippen molar-refractivity contribution in [2.75, 3.05) is 11.1 Å². The van der Waals surface area contributed by atoms with E-state index in [9.17, 15) is 0 Å². The van der Waals surface area contributed by atoms with E-state index in [2.05, 4.69) is 15.3 Å². The van der Waals surface area contributed by atoms with Crippen molar-refractivity contribution in [3.05, 3.63) is 42.7 Å². The Hall–Kier alpha value is -2.10. The zero-order valence-electron chi connectivity index (χ0n) is 7.51. The molecule has 2 aromatic rings. The maximum atomic E-state index is 5.67. The number of aromatic nitrogens is 2. The van der Waals surface area contributed by atoms with Crippen LogP contribution in [0.15, 0.2) is 42.7 Å². The van der Waals surface area contributed by atoms with Crippen LogP contribution >= 0.6 is 0 Å². The quantitative estimate of drug-likeness (QED) is 0.750. The van der Waals surface area contributed by atoms with E-state index in [0.29, 0.717) is 5.82 Å². The zero-order valence-corrected chi connectivity index (χ0v) is 7.51. The molecule has 2 heterocycles. The Labute approximate surface area is 81.8 Å². The van der Waals surface area contributed by atoms with Gasteiger partial charge in [-0.25, -0.2) is 9.97 Å². The molecule has 0 atom stereocenters. The smallest absolute Gasteiger partial charge is 0.147 e. The Balaban J connectivity index is 2.24. The van der Waals surface area contributed by atoms with Crippen LogP contribution in [-0.4, -0.2) is 9.97 Å². The summed E-state index contributed by atoms with van der Waals surface area (Å²) in [6, 6.07) is 9.31. The molecule has 0 aliphatic carbocycles. The van der Waals surface area contributed by atoms with Crippen LogP contribution in [0.4, 0.5) is 17.3 Å². The van der Waals surface area contributed by atoms with Crippen molar-refractivity contribution >= 4 is 17.3 Å².